The molecule has 7 heteroatoms. The lowest BCUT2D eigenvalue weighted by atomic mass is 10.3. The van der Waals surface area contributed by atoms with Gasteiger partial charge < -0.3 is 5.32 Å². The molecule has 0 aliphatic rings. The Balaban J connectivity index is 2.11. The Bertz CT molecular complexity index is 928. The van der Waals surface area contributed by atoms with E-state index in [1.807, 2.05) is 6.92 Å². The minimum atomic E-state index is -0.387. The number of rotatable bonds is 5. The van der Waals surface area contributed by atoms with Crippen molar-refractivity contribution in [3.63, 3.8) is 0 Å². The molecule has 0 bridgehead atoms. The Labute approximate surface area is 137 Å². The standard InChI is InChI=1S/C17H17FN4O2/c1-2-9-19-15(23)11-21-14-4-3-10-20-16(14)22(17(21)24)13-7-5-12(18)6-8-13/h3-8,10H,2,9,11H2,1H3,(H,19,23). The van der Waals surface area contributed by atoms with Crippen molar-refractivity contribution in [1.82, 2.24) is 19.4 Å². The summed E-state index contributed by atoms with van der Waals surface area (Å²) in [6, 6.07) is 9.01. The number of hydrogen-bond donors (Lipinski definition) is 1. The number of fused-ring (bicyclic) bond motifs is 1. The highest BCUT2D eigenvalue weighted by molar-refractivity contribution is 5.80. The van der Waals surface area contributed by atoms with Crippen LogP contribution in [0.1, 0.15) is 13.3 Å². The van der Waals surface area contributed by atoms with Gasteiger partial charge in [0, 0.05) is 12.7 Å². The van der Waals surface area contributed by atoms with Crippen LogP contribution in [-0.4, -0.2) is 26.6 Å². The average molecular weight is 328 g/mol. The summed E-state index contributed by atoms with van der Waals surface area (Å²) >= 11 is 0. The van der Waals surface area contributed by atoms with Gasteiger partial charge in [-0.1, -0.05) is 6.92 Å². The number of hydrogen-bond acceptors (Lipinski definition) is 3. The molecule has 0 radical (unpaired) electrons. The van der Waals surface area contributed by atoms with Crippen molar-refractivity contribution >= 4 is 17.1 Å². The highest BCUT2D eigenvalue weighted by Crippen LogP contribution is 2.15. The molecule has 2 aromatic heterocycles. The van der Waals surface area contributed by atoms with E-state index in [0.717, 1.165) is 6.42 Å². The number of carbonyl (C=O) groups is 1. The van der Waals surface area contributed by atoms with Crippen LogP contribution >= 0.6 is 0 Å². The van der Waals surface area contributed by atoms with E-state index < -0.39 is 0 Å². The smallest absolute Gasteiger partial charge is 0.335 e. The number of nitrogens with zero attached hydrogens (tertiary/aromatic N) is 3. The summed E-state index contributed by atoms with van der Waals surface area (Å²) in [7, 11) is 0. The van der Waals surface area contributed by atoms with Crippen molar-refractivity contribution in [3.05, 3.63) is 58.9 Å². The molecule has 3 aromatic rings. The van der Waals surface area contributed by atoms with Crippen LogP contribution in [-0.2, 0) is 11.3 Å². The molecule has 0 fully saturated rings. The van der Waals surface area contributed by atoms with E-state index in [1.165, 1.54) is 33.4 Å². The number of aromatic nitrogens is 3. The fourth-order valence-electron chi connectivity index (χ4n) is 2.53. The zero-order valence-corrected chi connectivity index (χ0v) is 13.2. The van der Waals surface area contributed by atoms with E-state index in [0.29, 0.717) is 23.4 Å². The first-order valence-corrected chi connectivity index (χ1v) is 7.70. The molecule has 0 saturated carbocycles. The molecule has 3 rings (SSSR count). The van der Waals surface area contributed by atoms with Crippen LogP contribution in [0.5, 0.6) is 0 Å². The van der Waals surface area contributed by atoms with Gasteiger partial charge in [0.05, 0.1) is 11.2 Å². The maximum atomic E-state index is 13.2. The molecular weight excluding hydrogens is 311 g/mol. The van der Waals surface area contributed by atoms with Crippen molar-refractivity contribution in [2.75, 3.05) is 6.54 Å². The van der Waals surface area contributed by atoms with Gasteiger partial charge in [-0.2, -0.15) is 0 Å². The summed E-state index contributed by atoms with van der Waals surface area (Å²) < 4.78 is 15.9. The van der Waals surface area contributed by atoms with Gasteiger partial charge in [0.2, 0.25) is 5.91 Å². The Morgan fingerprint density at radius 2 is 2.00 bits per heavy atom. The number of carbonyl (C=O) groups excluding carboxylic acids is 1. The van der Waals surface area contributed by atoms with E-state index in [4.69, 9.17) is 0 Å². The van der Waals surface area contributed by atoms with Crippen LogP contribution in [0.2, 0.25) is 0 Å². The van der Waals surface area contributed by atoms with E-state index in [2.05, 4.69) is 10.3 Å². The fraction of sp³-hybridized carbons (Fsp3) is 0.235. The molecule has 0 aliphatic heterocycles. The van der Waals surface area contributed by atoms with E-state index in [-0.39, 0.29) is 24.0 Å². The van der Waals surface area contributed by atoms with Crippen LogP contribution in [0.15, 0.2) is 47.4 Å². The van der Waals surface area contributed by atoms with Gasteiger partial charge in [0.1, 0.15) is 12.4 Å². The maximum absolute atomic E-state index is 13.2. The zero-order valence-electron chi connectivity index (χ0n) is 13.2. The molecule has 2 heterocycles. The summed E-state index contributed by atoms with van der Waals surface area (Å²) in [5.74, 6) is -0.622. The molecule has 24 heavy (non-hydrogen) atoms. The van der Waals surface area contributed by atoms with E-state index in [9.17, 15) is 14.0 Å². The first kappa shape index (κ1) is 15.9. The Kier molecular flexibility index (Phi) is 4.41. The maximum Gasteiger partial charge on any atom is 0.335 e. The second kappa shape index (κ2) is 6.66. The van der Waals surface area contributed by atoms with Crippen molar-refractivity contribution < 1.29 is 9.18 Å². The number of amides is 1. The first-order chi connectivity index (χ1) is 11.6. The van der Waals surface area contributed by atoms with Crippen molar-refractivity contribution in [1.29, 1.82) is 0 Å². The van der Waals surface area contributed by atoms with E-state index >= 15 is 0 Å². The molecular formula is C17H17FN4O2. The van der Waals surface area contributed by atoms with Gasteiger partial charge in [-0.3, -0.25) is 9.36 Å². The molecule has 0 aliphatic carbocycles. The molecule has 0 spiro atoms. The Morgan fingerprint density at radius 1 is 1.25 bits per heavy atom. The van der Waals surface area contributed by atoms with Crippen LogP contribution in [0.25, 0.3) is 16.9 Å². The topological polar surface area (TPSA) is 68.9 Å². The number of benzene rings is 1. The van der Waals surface area contributed by atoms with Gasteiger partial charge in [0.25, 0.3) is 0 Å². The van der Waals surface area contributed by atoms with Gasteiger partial charge in [-0.15, -0.1) is 0 Å². The highest BCUT2D eigenvalue weighted by Gasteiger charge is 2.17. The summed E-state index contributed by atoms with van der Waals surface area (Å²) in [5.41, 5.74) is 1.09. The molecule has 124 valence electrons. The molecule has 0 atom stereocenters. The number of pyridine rings is 1. The zero-order chi connectivity index (χ0) is 17.1. The molecule has 0 saturated heterocycles. The third-order valence-electron chi connectivity index (χ3n) is 3.65. The minimum absolute atomic E-state index is 0.0881. The second-order valence-electron chi connectivity index (χ2n) is 5.38. The predicted octanol–water partition coefficient (Wildman–Crippen LogP) is 1.85. The Morgan fingerprint density at radius 3 is 2.71 bits per heavy atom. The third kappa shape index (κ3) is 2.92. The number of nitrogens with one attached hydrogen (secondary N) is 1. The van der Waals surface area contributed by atoms with Crippen molar-refractivity contribution in [3.8, 4) is 5.69 Å². The summed E-state index contributed by atoms with van der Waals surface area (Å²) in [6.07, 6.45) is 2.39. The van der Waals surface area contributed by atoms with Crippen LogP contribution in [0, 0.1) is 5.82 Å². The quantitative estimate of drug-likeness (QED) is 0.777. The monoisotopic (exact) mass is 328 g/mol. The minimum Gasteiger partial charge on any atom is -0.355 e. The normalized spacial score (nSPS) is 10.9. The van der Waals surface area contributed by atoms with Crippen LogP contribution < -0.4 is 11.0 Å². The van der Waals surface area contributed by atoms with Gasteiger partial charge in [0.15, 0.2) is 5.65 Å². The second-order valence-corrected chi connectivity index (χ2v) is 5.38. The molecule has 1 N–H and O–H groups in total. The Hall–Kier alpha value is -2.96. The average Bonchev–Trinajstić information content (AvgIpc) is 2.86. The van der Waals surface area contributed by atoms with Crippen LogP contribution in [0.3, 0.4) is 0 Å². The lowest BCUT2D eigenvalue weighted by Crippen LogP contribution is -2.33. The predicted molar refractivity (Wildman–Crippen MR) is 88.6 cm³/mol. The first-order valence-electron chi connectivity index (χ1n) is 7.70. The summed E-state index contributed by atoms with van der Waals surface area (Å²) in [6.45, 7) is 2.43. The van der Waals surface area contributed by atoms with Gasteiger partial charge in [-0.05, 0) is 42.8 Å². The highest BCUT2D eigenvalue weighted by atomic mass is 19.1. The molecule has 1 amide bonds. The van der Waals surface area contributed by atoms with Crippen molar-refractivity contribution in [2.24, 2.45) is 0 Å². The molecule has 6 nitrogen and oxygen atoms in total. The lowest BCUT2D eigenvalue weighted by Gasteiger charge is -2.04. The van der Waals surface area contributed by atoms with Crippen molar-refractivity contribution in [2.45, 2.75) is 19.9 Å². The lowest BCUT2D eigenvalue weighted by molar-refractivity contribution is -0.121. The number of halogens is 1. The number of imidazole rings is 1. The van der Waals surface area contributed by atoms with Gasteiger partial charge >= 0.3 is 5.69 Å². The van der Waals surface area contributed by atoms with Crippen LogP contribution in [0.4, 0.5) is 4.39 Å². The van der Waals surface area contributed by atoms with E-state index in [1.54, 1.807) is 18.3 Å². The SMILES string of the molecule is CCCNC(=O)Cn1c(=O)n(-c2ccc(F)cc2)c2ncccc21. The largest absolute Gasteiger partial charge is 0.355 e. The van der Waals surface area contributed by atoms with Gasteiger partial charge in [-0.25, -0.2) is 18.7 Å². The summed E-state index contributed by atoms with van der Waals surface area (Å²) in [4.78, 5) is 29.1. The third-order valence-corrected chi connectivity index (χ3v) is 3.65. The molecule has 1 aromatic carbocycles. The molecule has 0 unspecified atom stereocenters. The fourth-order valence-corrected chi connectivity index (χ4v) is 2.53. The summed E-state index contributed by atoms with van der Waals surface area (Å²) in [5, 5.41) is 2.75.